The van der Waals surface area contributed by atoms with Crippen LogP contribution in [0.2, 0.25) is 5.02 Å². The van der Waals surface area contributed by atoms with Crippen LogP contribution in [0.4, 0.5) is 11.6 Å². The minimum atomic E-state index is -0.593. The Morgan fingerprint density at radius 3 is 2.48 bits per heavy atom. The molecule has 0 aliphatic heterocycles. The topological polar surface area (TPSA) is 90.2 Å². The van der Waals surface area contributed by atoms with E-state index in [0.29, 0.717) is 10.8 Å². The highest BCUT2D eigenvalue weighted by atomic mass is 35.5. The molecule has 2 aromatic rings. The van der Waals surface area contributed by atoms with E-state index in [1.54, 1.807) is 19.2 Å². The Bertz CT molecular complexity index is 683. The van der Waals surface area contributed by atoms with Crippen molar-refractivity contribution in [1.82, 2.24) is 9.97 Å². The van der Waals surface area contributed by atoms with Crippen molar-refractivity contribution in [2.75, 3.05) is 12.4 Å². The summed E-state index contributed by atoms with van der Waals surface area (Å²) in [4.78, 5) is 18.2. The monoisotopic (exact) mass is 308 g/mol. The molecule has 110 valence electrons. The van der Waals surface area contributed by atoms with Crippen LogP contribution in [-0.2, 0) is 0 Å². The van der Waals surface area contributed by atoms with Gasteiger partial charge in [0, 0.05) is 12.1 Å². The lowest BCUT2D eigenvalue weighted by Crippen LogP contribution is -2.02. The van der Waals surface area contributed by atoms with Gasteiger partial charge in [0.2, 0.25) is 5.95 Å². The van der Waals surface area contributed by atoms with Gasteiger partial charge in [-0.15, -0.1) is 0 Å². The van der Waals surface area contributed by atoms with Crippen LogP contribution < -0.4 is 10.1 Å². The molecule has 0 bridgehead atoms. The smallest absolute Gasteiger partial charge is 0.349 e. The average Bonchev–Trinajstić information content (AvgIpc) is 2.44. The second-order valence-electron chi connectivity index (χ2n) is 4.36. The van der Waals surface area contributed by atoms with Gasteiger partial charge in [-0.25, -0.2) is 4.98 Å². The van der Waals surface area contributed by atoms with Gasteiger partial charge in [-0.3, -0.25) is 10.1 Å². The number of halogens is 1. The fraction of sp³-hybridized carbons (Fsp3) is 0.231. The Kier molecular flexibility index (Phi) is 4.23. The van der Waals surface area contributed by atoms with Crippen molar-refractivity contribution in [3.05, 3.63) is 44.6 Å². The highest BCUT2D eigenvalue weighted by molar-refractivity contribution is 6.32. The van der Waals surface area contributed by atoms with Gasteiger partial charge in [0.1, 0.15) is 11.9 Å². The molecule has 1 N–H and O–H groups in total. The summed E-state index contributed by atoms with van der Waals surface area (Å²) < 4.78 is 5.54. The molecule has 0 fully saturated rings. The first-order valence-corrected chi connectivity index (χ1v) is 6.44. The molecule has 0 radical (unpaired) electrons. The van der Waals surface area contributed by atoms with Crippen LogP contribution in [0.15, 0.2) is 18.3 Å². The Morgan fingerprint density at radius 1 is 1.33 bits per heavy atom. The van der Waals surface area contributed by atoms with Gasteiger partial charge in [-0.1, -0.05) is 11.6 Å². The van der Waals surface area contributed by atoms with Crippen molar-refractivity contribution in [1.29, 1.82) is 0 Å². The molecule has 8 heteroatoms. The van der Waals surface area contributed by atoms with E-state index in [9.17, 15) is 10.1 Å². The Morgan fingerprint density at radius 2 is 1.95 bits per heavy atom. The fourth-order valence-corrected chi connectivity index (χ4v) is 1.87. The maximum absolute atomic E-state index is 11.0. The molecule has 7 nitrogen and oxygen atoms in total. The molecule has 1 heterocycles. The quantitative estimate of drug-likeness (QED) is 0.687. The van der Waals surface area contributed by atoms with Crippen molar-refractivity contribution in [2.24, 2.45) is 0 Å². The SMILES string of the molecule is CNc1ncc([N+](=O)[O-])c(Oc2cc(C)c(Cl)c(C)c2)n1. The number of anilines is 1. The molecule has 0 saturated heterocycles. The number of nitro groups is 1. The number of benzene rings is 1. The van der Waals surface area contributed by atoms with Crippen LogP contribution in [0.3, 0.4) is 0 Å². The minimum absolute atomic E-state index is 0.125. The van der Waals surface area contributed by atoms with Gasteiger partial charge < -0.3 is 10.1 Å². The van der Waals surface area contributed by atoms with Crippen LogP contribution in [0.25, 0.3) is 0 Å². The number of nitrogens with zero attached hydrogens (tertiary/aromatic N) is 3. The first-order chi connectivity index (χ1) is 9.92. The van der Waals surface area contributed by atoms with Gasteiger partial charge in [-0.2, -0.15) is 4.98 Å². The molecule has 1 aromatic carbocycles. The molecule has 0 aliphatic rings. The third-order valence-electron chi connectivity index (χ3n) is 2.78. The van der Waals surface area contributed by atoms with Crippen molar-refractivity contribution in [2.45, 2.75) is 13.8 Å². The van der Waals surface area contributed by atoms with Crippen molar-refractivity contribution < 1.29 is 9.66 Å². The van der Waals surface area contributed by atoms with E-state index in [-0.39, 0.29) is 17.5 Å². The van der Waals surface area contributed by atoms with Crippen LogP contribution in [0.1, 0.15) is 11.1 Å². The number of aryl methyl sites for hydroxylation is 2. The molecule has 0 unspecified atom stereocenters. The molecule has 0 amide bonds. The average molecular weight is 309 g/mol. The number of ether oxygens (including phenoxy) is 1. The van der Waals surface area contributed by atoms with Crippen molar-refractivity contribution in [3.63, 3.8) is 0 Å². The molecule has 0 saturated carbocycles. The second-order valence-corrected chi connectivity index (χ2v) is 4.74. The first-order valence-electron chi connectivity index (χ1n) is 6.06. The van der Waals surface area contributed by atoms with E-state index < -0.39 is 4.92 Å². The third kappa shape index (κ3) is 3.19. The largest absolute Gasteiger partial charge is 0.434 e. The summed E-state index contributed by atoms with van der Waals surface area (Å²) in [6.45, 7) is 3.66. The Balaban J connectivity index is 2.45. The number of nitrogens with one attached hydrogen (secondary N) is 1. The normalized spacial score (nSPS) is 10.3. The lowest BCUT2D eigenvalue weighted by molar-refractivity contribution is -0.386. The van der Waals surface area contributed by atoms with Crippen LogP contribution >= 0.6 is 11.6 Å². The van der Waals surface area contributed by atoms with Gasteiger partial charge in [0.05, 0.1) is 4.92 Å². The standard InChI is InChI=1S/C13H13ClN4O3/c1-7-4-9(5-8(2)11(7)14)21-12-10(18(19)20)6-16-13(15-3)17-12/h4-6H,1-3H3,(H,15,16,17). The van der Waals surface area contributed by atoms with Crippen LogP contribution in [0.5, 0.6) is 11.6 Å². The molecule has 2 rings (SSSR count). The summed E-state index contributed by atoms with van der Waals surface area (Å²) in [5.74, 6) is 0.539. The summed E-state index contributed by atoms with van der Waals surface area (Å²) >= 11 is 6.08. The lowest BCUT2D eigenvalue weighted by Gasteiger charge is -2.09. The zero-order valence-corrected chi connectivity index (χ0v) is 12.4. The highest BCUT2D eigenvalue weighted by Crippen LogP contribution is 2.32. The van der Waals surface area contributed by atoms with Gasteiger partial charge in [0.15, 0.2) is 0 Å². The van der Waals surface area contributed by atoms with Gasteiger partial charge in [0.25, 0.3) is 0 Å². The summed E-state index contributed by atoms with van der Waals surface area (Å²) in [6, 6.07) is 3.39. The van der Waals surface area contributed by atoms with Crippen molar-refractivity contribution >= 4 is 23.2 Å². The molecule has 0 aliphatic carbocycles. The summed E-state index contributed by atoms with van der Waals surface area (Å²) in [6.07, 6.45) is 1.10. The van der Waals surface area contributed by atoms with E-state index in [4.69, 9.17) is 16.3 Å². The van der Waals surface area contributed by atoms with E-state index in [2.05, 4.69) is 15.3 Å². The summed E-state index contributed by atoms with van der Waals surface area (Å²) in [5, 5.41) is 14.3. The summed E-state index contributed by atoms with van der Waals surface area (Å²) in [7, 11) is 1.61. The van der Waals surface area contributed by atoms with E-state index in [0.717, 1.165) is 17.3 Å². The molecular weight excluding hydrogens is 296 g/mol. The number of hydrogen-bond acceptors (Lipinski definition) is 6. The first kappa shape index (κ1) is 15.0. The molecule has 21 heavy (non-hydrogen) atoms. The number of aromatic nitrogens is 2. The zero-order valence-electron chi connectivity index (χ0n) is 11.7. The van der Waals surface area contributed by atoms with E-state index in [1.807, 2.05) is 13.8 Å². The molecule has 0 atom stereocenters. The minimum Gasteiger partial charge on any atom is -0.434 e. The lowest BCUT2D eigenvalue weighted by atomic mass is 10.1. The van der Waals surface area contributed by atoms with Gasteiger partial charge >= 0.3 is 11.6 Å². The maximum atomic E-state index is 11.0. The molecule has 0 spiro atoms. The predicted molar refractivity (Wildman–Crippen MR) is 79.2 cm³/mol. The molecular formula is C13H13ClN4O3. The Labute approximate surface area is 126 Å². The zero-order chi connectivity index (χ0) is 15.6. The van der Waals surface area contributed by atoms with Crippen LogP contribution in [-0.4, -0.2) is 21.9 Å². The number of hydrogen-bond donors (Lipinski definition) is 1. The van der Waals surface area contributed by atoms with Crippen molar-refractivity contribution in [3.8, 4) is 11.6 Å². The van der Waals surface area contributed by atoms with Gasteiger partial charge in [-0.05, 0) is 37.1 Å². The second kappa shape index (κ2) is 5.92. The predicted octanol–water partition coefficient (Wildman–Crippen LogP) is 3.49. The Hall–Kier alpha value is -2.41. The van der Waals surface area contributed by atoms with E-state index >= 15 is 0 Å². The maximum Gasteiger partial charge on any atom is 0.349 e. The highest BCUT2D eigenvalue weighted by Gasteiger charge is 2.20. The molecule has 1 aromatic heterocycles. The fourth-order valence-electron chi connectivity index (χ4n) is 1.76. The van der Waals surface area contributed by atoms with Crippen LogP contribution in [0, 0.1) is 24.0 Å². The number of rotatable bonds is 4. The van der Waals surface area contributed by atoms with E-state index in [1.165, 1.54) is 0 Å². The summed E-state index contributed by atoms with van der Waals surface area (Å²) in [5.41, 5.74) is 1.33. The third-order valence-corrected chi connectivity index (χ3v) is 3.38.